The number of carboxylic acids is 1. The van der Waals surface area contributed by atoms with Crippen molar-refractivity contribution in [2.24, 2.45) is 5.41 Å². The number of aliphatic carboxylic acids is 1. The first kappa shape index (κ1) is 19.9. The Morgan fingerprint density at radius 2 is 1.93 bits per heavy atom. The summed E-state index contributed by atoms with van der Waals surface area (Å²) in [5, 5.41) is 20.7. The lowest BCUT2D eigenvalue weighted by Crippen LogP contribution is -2.57. The van der Waals surface area contributed by atoms with Crippen LogP contribution in [0, 0.1) is 12.3 Å². The number of carbonyl (C=O) groups is 2. The highest BCUT2D eigenvalue weighted by molar-refractivity contribution is 5.96. The first-order valence-electron chi connectivity index (χ1n) is 9.26. The molecule has 1 aliphatic rings. The number of hydrogen-bond acceptors (Lipinski definition) is 4. The molecule has 0 spiro atoms. The van der Waals surface area contributed by atoms with Crippen molar-refractivity contribution in [3.63, 3.8) is 0 Å². The SMILES string of the molecule is COc1ccc(C(=O)N2CC[C@](Cc3ccccc3)(C(=O)O)[C@H](O)C2)c(C)c1. The first-order chi connectivity index (χ1) is 13.4. The molecule has 2 atom stereocenters. The summed E-state index contributed by atoms with van der Waals surface area (Å²) in [7, 11) is 1.56. The Morgan fingerprint density at radius 3 is 2.50 bits per heavy atom. The topological polar surface area (TPSA) is 87.1 Å². The zero-order chi connectivity index (χ0) is 20.3. The Hall–Kier alpha value is -2.86. The van der Waals surface area contributed by atoms with Gasteiger partial charge in [-0.15, -0.1) is 0 Å². The van der Waals surface area contributed by atoms with E-state index >= 15 is 0 Å². The van der Waals surface area contributed by atoms with E-state index in [4.69, 9.17) is 4.74 Å². The number of nitrogens with zero attached hydrogens (tertiary/aromatic N) is 1. The molecule has 148 valence electrons. The molecular formula is C22H25NO5. The smallest absolute Gasteiger partial charge is 0.312 e. The van der Waals surface area contributed by atoms with Crippen LogP contribution in [0.2, 0.25) is 0 Å². The Balaban J connectivity index is 1.79. The van der Waals surface area contributed by atoms with Gasteiger partial charge < -0.3 is 19.8 Å². The highest BCUT2D eigenvalue weighted by Crippen LogP contribution is 2.36. The van der Waals surface area contributed by atoms with Crippen molar-refractivity contribution in [2.75, 3.05) is 20.2 Å². The van der Waals surface area contributed by atoms with Crippen LogP contribution in [0.1, 0.15) is 27.9 Å². The summed E-state index contributed by atoms with van der Waals surface area (Å²) in [5.41, 5.74) is 0.861. The summed E-state index contributed by atoms with van der Waals surface area (Å²) in [4.78, 5) is 26.5. The Morgan fingerprint density at radius 1 is 1.21 bits per heavy atom. The van der Waals surface area contributed by atoms with Gasteiger partial charge >= 0.3 is 5.97 Å². The van der Waals surface area contributed by atoms with Crippen LogP contribution in [0.25, 0.3) is 0 Å². The average molecular weight is 383 g/mol. The lowest BCUT2D eigenvalue weighted by Gasteiger charge is -2.43. The van der Waals surface area contributed by atoms with Gasteiger partial charge in [0.1, 0.15) is 11.2 Å². The van der Waals surface area contributed by atoms with Gasteiger partial charge in [0.25, 0.3) is 5.91 Å². The number of likely N-dealkylation sites (tertiary alicyclic amines) is 1. The van der Waals surface area contributed by atoms with Gasteiger partial charge in [-0.1, -0.05) is 30.3 Å². The highest BCUT2D eigenvalue weighted by Gasteiger charge is 2.49. The van der Waals surface area contributed by atoms with Crippen molar-refractivity contribution in [2.45, 2.75) is 25.9 Å². The normalized spacial score (nSPS) is 22.0. The number of aliphatic hydroxyl groups excluding tert-OH is 1. The molecule has 28 heavy (non-hydrogen) atoms. The van der Waals surface area contributed by atoms with Crippen molar-refractivity contribution in [1.82, 2.24) is 4.90 Å². The van der Waals surface area contributed by atoms with E-state index in [2.05, 4.69) is 0 Å². The summed E-state index contributed by atoms with van der Waals surface area (Å²) < 4.78 is 5.17. The van der Waals surface area contributed by atoms with Gasteiger partial charge in [-0.3, -0.25) is 9.59 Å². The minimum Gasteiger partial charge on any atom is -0.497 e. The molecule has 1 saturated heterocycles. The average Bonchev–Trinajstić information content (AvgIpc) is 2.69. The fourth-order valence-electron chi connectivity index (χ4n) is 3.83. The largest absolute Gasteiger partial charge is 0.497 e. The number of carbonyl (C=O) groups excluding carboxylic acids is 1. The molecule has 2 aromatic rings. The Labute approximate surface area is 164 Å². The summed E-state index contributed by atoms with van der Waals surface area (Å²) in [5.74, 6) is -0.574. The van der Waals surface area contributed by atoms with Crippen LogP contribution >= 0.6 is 0 Å². The molecule has 2 N–H and O–H groups in total. The number of aliphatic hydroxyl groups is 1. The number of amides is 1. The van der Waals surface area contributed by atoms with Crippen LogP contribution in [-0.4, -0.2) is 53.3 Å². The lowest BCUT2D eigenvalue weighted by atomic mass is 9.71. The van der Waals surface area contributed by atoms with Crippen molar-refractivity contribution >= 4 is 11.9 Å². The second-order valence-electron chi connectivity index (χ2n) is 7.32. The van der Waals surface area contributed by atoms with E-state index in [0.29, 0.717) is 11.3 Å². The minimum absolute atomic E-state index is 0.0105. The quantitative estimate of drug-likeness (QED) is 0.829. The van der Waals surface area contributed by atoms with E-state index in [9.17, 15) is 19.8 Å². The lowest BCUT2D eigenvalue weighted by molar-refractivity contribution is -0.161. The van der Waals surface area contributed by atoms with E-state index in [-0.39, 0.29) is 31.8 Å². The third-order valence-electron chi connectivity index (χ3n) is 5.60. The number of ether oxygens (including phenoxy) is 1. The van der Waals surface area contributed by atoms with Crippen molar-refractivity contribution < 1.29 is 24.5 Å². The zero-order valence-corrected chi connectivity index (χ0v) is 16.1. The van der Waals surface area contributed by atoms with Crippen LogP contribution in [0.4, 0.5) is 0 Å². The monoisotopic (exact) mass is 383 g/mol. The second kappa shape index (κ2) is 8.02. The van der Waals surface area contributed by atoms with Crippen LogP contribution in [0.3, 0.4) is 0 Å². The molecule has 1 fully saturated rings. The maximum Gasteiger partial charge on any atom is 0.312 e. The zero-order valence-electron chi connectivity index (χ0n) is 16.1. The maximum atomic E-state index is 12.9. The molecule has 0 unspecified atom stereocenters. The molecule has 0 bridgehead atoms. The predicted molar refractivity (Wildman–Crippen MR) is 104 cm³/mol. The molecule has 3 rings (SSSR count). The third kappa shape index (κ3) is 3.73. The van der Waals surface area contributed by atoms with Crippen LogP contribution < -0.4 is 4.74 Å². The van der Waals surface area contributed by atoms with Crippen molar-refractivity contribution in [1.29, 1.82) is 0 Å². The number of β-amino-alcohol motifs (C(OH)–C–C–N with tert-alkyl or cyclic N) is 1. The van der Waals surface area contributed by atoms with Gasteiger partial charge in [0, 0.05) is 18.7 Å². The first-order valence-corrected chi connectivity index (χ1v) is 9.26. The summed E-state index contributed by atoms with van der Waals surface area (Å²) in [6, 6.07) is 14.5. The van der Waals surface area contributed by atoms with E-state index < -0.39 is 17.5 Å². The van der Waals surface area contributed by atoms with Gasteiger partial charge in [0.2, 0.25) is 0 Å². The second-order valence-corrected chi connectivity index (χ2v) is 7.32. The molecule has 1 aliphatic heterocycles. The van der Waals surface area contributed by atoms with Gasteiger partial charge in [-0.05, 0) is 49.1 Å². The molecule has 6 nitrogen and oxygen atoms in total. The molecule has 0 aromatic heterocycles. The number of rotatable bonds is 5. The van der Waals surface area contributed by atoms with E-state index in [1.165, 1.54) is 4.90 Å². The standard InChI is InChI=1S/C22H25NO5/c1-15-12-17(28-2)8-9-18(15)20(25)23-11-10-22(21(26)27,19(24)14-23)13-16-6-4-3-5-7-16/h3-9,12,19,24H,10-11,13-14H2,1-2H3,(H,26,27)/t19-,22-/m1/s1. The van der Waals surface area contributed by atoms with Crippen molar-refractivity contribution in [3.8, 4) is 5.75 Å². The van der Waals surface area contributed by atoms with Crippen LogP contribution in [-0.2, 0) is 11.2 Å². The number of carboxylic acid groups (broad SMARTS) is 1. The summed E-state index contributed by atoms with van der Waals surface area (Å²) in [6.07, 6.45) is -0.728. The molecule has 1 amide bonds. The molecule has 0 radical (unpaired) electrons. The van der Waals surface area contributed by atoms with E-state index in [0.717, 1.165) is 11.1 Å². The number of piperidine rings is 1. The summed E-state index contributed by atoms with van der Waals surface area (Å²) in [6.45, 7) is 2.09. The Kier molecular flexibility index (Phi) is 5.70. The number of benzene rings is 2. The number of aryl methyl sites for hydroxylation is 1. The van der Waals surface area contributed by atoms with E-state index in [1.807, 2.05) is 37.3 Å². The number of hydrogen-bond donors (Lipinski definition) is 2. The molecular weight excluding hydrogens is 358 g/mol. The molecule has 6 heteroatoms. The van der Waals surface area contributed by atoms with Gasteiger partial charge in [-0.2, -0.15) is 0 Å². The molecule has 1 heterocycles. The maximum absolute atomic E-state index is 12.9. The van der Waals surface area contributed by atoms with Crippen molar-refractivity contribution in [3.05, 3.63) is 65.2 Å². The molecule has 0 saturated carbocycles. The fraction of sp³-hybridized carbons (Fsp3) is 0.364. The van der Waals surface area contributed by atoms with Gasteiger partial charge in [0.15, 0.2) is 0 Å². The minimum atomic E-state index is -1.30. The van der Waals surface area contributed by atoms with Crippen LogP contribution in [0.5, 0.6) is 5.75 Å². The molecule has 2 aromatic carbocycles. The van der Waals surface area contributed by atoms with E-state index in [1.54, 1.807) is 25.3 Å². The van der Waals surface area contributed by atoms with Gasteiger partial charge in [-0.25, -0.2) is 0 Å². The van der Waals surface area contributed by atoms with Crippen LogP contribution in [0.15, 0.2) is 48.5 Å². The predicted octanol–water partition coefficient (Wildman–Crippen LogP) is 2.52. The van der Waals surface area contributed by atoms with Gasteiger partial charge in [0.05, 0.1) is 13.2 Å². The third-order valence-corrected chi connectivity index (χ3v) is 5.60. The number of methoxy groups -OCH3 is 1. The molecule has 0 aliphatic carbocycles. The summed E-state index contributed by atoms with van der Waals surface area (Å²) >= 11 is 0. The fourth-order valence-corrected chi connectivity index (χ4v) is 3.83. The highest BCUT2D eigenvalue weighted by atomic mass is 16.5. The Bertz CT molecular complexity index is 866.